The predicted molar refractivity (Wildman–Crippen MR) is 291 cm³/mol. The van der Waals surface area contributed by atoms with Crippen LogP contribution in [0.25, 0.3) is 149 Å². The maximum absolute atomic E-state index is 6.84. The maximum atomic E-state index is 6.84. The van der Waals surface area contributed by atoms with Crippen LogP contribution in [0.15, 0.2) is 235 Å². The second-order valence-corrected chi connectivity index (χ2v) is 18.3. The van der Waals surface area contributed by atoms with Crippen molar-refractivity contribution < 1.29 is 4.42 Å². The summed E-state index contributed by atoms with van der Waals surface area (Å²) in [6.07, 6.45) is 0. The summed E-state index contributed by atoms with van der Waals surface area (Å²) >= 11 is 0. The highest BCUT2D eigenvalue weighted by Crippen LogP contribution is 2.44. The molecule has 3 aromatic heterocycles. The zero-order valence-electron chi connectivity index (χ0n) is 37.6. The van der Waals surface area contributed by atoms with Gasteiger partial charge in [-0.3, -0.25) is 0 Å². The number of rotatable bonds is 5. The minimum atomic E-state index is 0.568. The van der Waals surface area contributed by atoms with Gasteiger partial charge >= 0.3 is 0 Å². The van der Waals surface area contributed by atoms with E-state index < -0.39 is 0 Å². The largest absolute Gasteiger partial charge is 0.455 e. The van der Waals surface area contributed by atoms with Crippen molar-refractivity contribution >= 4 is 97.6 Å². The summed E-state index contributed by atoms with van der Waals surface area (Å²) in [5.74, 6) is 1.77. The molecule has 12 aromatic carbocycles. The Morgan fingerprint density at radius 2 is 0.857 bits per heavy atom. The van der Waals surface area contributed by atoms with Gasteiger partial charge in [0.05, 0.1) is 11.0 Å². The minimum absolute atomic E-state index is 0.568. The van der Waals surface area contributed by atoms with E-state index in [1.54, 1.807) is 0 Å². The molecule has 0 unspecified atom stereocenters. The zero-order chi connectivity index (χ0) is 45.9. The van der Waals surface area contributed by atoms with Crippen LogP contribution in [0.1, 0.15) is 0 Å². The summed E-state index contributed by atoms with van der Waals surface area (Å²) in [5.41, 5.74) is 9.56. The van der Waals surface area contributed by atoms with Gasteiger partial charge in [-0.25, -0.2) is 15.0 Å². The van der Waals surface area contributed by atoms with E-state index in [9.17, 15) is 0 Å². The molecule has 5 heteroatoms. The summed E-state index contributed by atoms with van der Waals surface area (Å²) < 4.78 is 9.24. The lowest BCUT2D eigenvalue weighted by Gasteiger charge is -2.17. The topological polar surface area (TPSA) is 56.7 Å². The predicted octanol–water partition coefficient (Wildman–Crippen LogP) is 17.3. The van der Waals surface area contributed by atoms with Crippen LogP contribution in [0.4, 0.5) is 0 Å². The molecule has 15 rings (SSSR count). The molecular weight excluding hydrogens is 853 g/mol. The van der Waals surface area contributed by atoms with Gasteiger partial charge in [0.25, 0.3) is 0 Å². The summed E-state index contributed by atoms with van der Waals surface area (Å²) in [6.45, 7) is 0. The van der Waals surface area contributed by atoms with Crippen LogP contribution in [-0.4, -0.2) is 19.5 Å². The number of fused-ring (bicyclic) bond motifs is 14. The van der Waals surface area contributed by atoms with Crippen LogP contribution in [-0.2, 0) is 0 Å². The number of hydrogen-bond acceptors (Lipinski definition) is 4. The van der Waals surface area contributed by atoms with Crippen LogP contribution in [0.5, 0.6) is 0 Å². The Morgan fingerprint density at radius 3 is 1.63 bits per heavy atom. The molecule has 0 saturated heterocycles. The Hall–Kier alpha value is -9.45. The van der Waals surface area contributed by atoms with Gasteiger partial charge in [-0.05, 0) is 103 Å². The lowest BCUT2D eigenvalue weighted by Crippen LogP contribution is -2.03. The summed E-state index contributed by atoms with van der Waals surface area (Å²) in [5, 5.41) is 16.2. The smallest absolute Gasteiger partial charge is 0.164 e. The highest BCUT2D eigenvalue weighted by molar-refractivity contribution is 6.28. The van der Waals surface area contributed by atoms with Crippen molar-refractivity contribution in [3.8, 4) is 51.0 Å². The summed E-state index contributed by atoms with van der Waals surface area (Å²) in [6, 6.07) is 82.2. The third-order valence-electron chi connectivity index (χ3n) is 14.4. The first-order chi connectivity index (χ1) is 34.7. The molecule has 5 nitrogen and oxygen atoms in total. The molecule has 324 valence electrons. The molecule has 0 aliphatic rings. The van der Waals surface area contributed by atoms with Gasteiger partial charge < -0.3 is 8.98 Å². The number of benzene rings is 12. The van der Waals surface area contributed by atoms with Gasteiger partial charge in [-0.1, -0.05) is 182 Å². The maximum Gasteiger partial charge on any atom is 0.164 e. The number of furan rings is 1. The third kappa shape index (κ3) is 5.82. The van der Waals surface area contributed by atoms with Gasteiger partial charge in [0.15, 0.2) is 17.5 Å². The fraction of sp³-hybridized carbons (Fsp3) is 0. The third-order valence-corrected chi connectivity index (χ3v) is 14.4. The van der Waals surface area contributed by atoms with E-state index in [4.69, 9.17) is 19.4 Å². The number of aromatic nitrogens is 4. The lowest BCUT2D eigenvalue weighted by atomic mass is 9.91. The molecular formula is C65H38N4O. The molecule has 0 radical (unpaired) electrons. The molecule has 0 N–H and O–H groups in total. The molecule has 0 amide bonds. The number of nitrogens with zero attached hydrogens (tertiary/aromatic N) is 4. The Kier molecular flexibility index (Phi) is 8.29. The van der Waals surface area contributed by atoms with Gasteiger partial charge in [-0.15, -0.1) is 0 Å². The standard InChI is InChI=1S/C65H38N4O/c1-2-16-40-35-43(32-31-39(40)15-1)63-66-64(68-65(67-63)55-28-13-25-51-47-20-6-5-19-45(47)46-21-7-8-24-50(46)61(51)55)54-34-33-44(38-56(54)53-27-14-26-52-49-23-10-12-30-60(49)70-62(52)53)69-58-29-11-9-22-48(58)57-36-41-17-3-4-18-42(41)37-59(57)69/h1-38H. The van der Waals surface area contributed by atoms with E-state index in [-0.39, 0.29) is 0 Å². The molecule has 0 saturated carbocycles. The number of hydrogen-bond donors (Lipinski definition) is 0. The second-order valence-electron chi connectivity index (χ2n) is 18.3. The van der Waals surface area contributed by atoms with Gasteiger partial charge in [0.2, 0.25) is 0 Å². The van der Waals surface area contributed by atoms with Gasteiger partial charge in [-0.2, -0.15) is 0 Å². The molecule has 15 aromatic rings. The lowest BCUT2D eigenvalue weighted by molar-refractivity contribution is 0.670. The molecule has 70 heavy (non-hydrogen) atoms. The van der Waals surface area contributed by atoms with Gasteiger partial charge in [0.1, 0.15) is 11.2 Å². The fourth-order valence-electron chi connectivity index (χ4n) is 11.2. The molecule has 0 aliphatic carbocycles. The van der Waals surface area contributed by atoms with Crippen molar-refractivity contribution in [2.45, 2.75) is 0 Å². The fourth-order valence-corrected chi connectivity index (χ4v) is 11.2. The SMILES string of the molecule is c1ccc2cc(-c3nc(-c4ccc(-n5c6ccccc6c6cc7ccccc7cc65)cc4-c4cccc5c4oc4ccccc45)nc(-c4cccc5c6ccccc6c6ccccc6c45)n3)ccc2c1. The van der Waals surface area contributed by atoms with E-state index in [1.807, 2.05) is 12.1 Å². The Labute approximate surface area is 401 Å². The first-order valence-corrected chi connectivity index (χ1v) is 23.8. The van der Waals surface area contributed by atoms with Crippen molar-refractivity contribution in [3.63, 3.8) is 0 Å². The first-order valence-electron chi connectivity index (χ1n) is 23.8. The molecule has 0 spiro atoms. The van der Waals surface area contributed by atoms with E-state index in [0.717, 1.165) is 93.4 Å². The van der Waals surface area contributed by atoms with Crippen molar-refractivity contribution in [1.82, 2.24) is 19.5 Å². The average molecular weight is 891 g/mol. The molecule has 0 aliphatic heterocycles. The van der Waals surface area contributed by atoms with Gasteiger partial charge in [0, 0.05) is 54.9 Å². The molecule has 0 bridgehead atoms. The van der Waals surface area contributed by atoms with Crippen molar-refractivity contribution in [2.24, 2.45) is 0 Å². The van der Waals surface area contributed by atoms with Crippen molar-refractivity contribution in [3.05, 3.63) is 231 Å². The highest BCUT2D eigenvalue weighted by Gasteiger charge is 2.23. The van der Waals surface area contributed by atoms with Crippen LogP contribution < -0.4 is 0 Å². The Morgan fingerprint density at radius 1 is 0.300 bits per heavy atom. The van der Waals surface area contributed by atoms with Crippen LogP contribution in [0.3, 0.4) is 0 Å². The Balaban J connectivity index is 1.05. The normalized spacial score (nSPS) is 12.0. The van der Waals surface area contributed by atoms with E-state index in [2.05, 4.69) is 223 Å². The van der Waals surface area contributed by atoms with E-state index >= 15 is 0 Å². The second kappa shape index (κ2) is 15.0. The zero-order valence-corrected chi connectivity index (χ0v) is 37.6. The summed E-state index contributed by atoms with van der Waals surface area (Å²) in [7, 11) is 0. The minimum Gasteiger partial charge on any atom is -0.455 e. The molecule has 0 fully saturated rings. The van der Waals surface area contributed by atoms with E-state index in [1.165, 1.54) is 37.7 Å². The Bertz CT molecular complexity index is 4630. The monoisotopic (exact) mass is 890 g/mol. The van der Waals surface area contributed by atoms with Crippen molar-refractivity contribution in [1.29, 1.82) is 0 Å². The van der Waals surface area contributed by atoms with Crippen molar-refractivity contribution in [2.75, 3.05) is 0 Å². The highest BCUT2D eigenvalue weighted by atomic mass is 16.3. The quantitative estimate of drug-likeness (QED) is 0.162. The number of para-hydroxylation sites is 3. The van der Waals surface area contributed by atoms with Crippen LogP contribution in [0.2, 0.25) is 0 Å². The van der Waals surface area contributed by atoms with Crippen LogP contribution in [0, 0.1) is 0 Å². The first kappa shape index (κ1) is 38.6. The summed E-state index contributed by atoms with van der Waals surface area (Å²) in [4.78, 5) is 16.5. The average Bonchev–Trinajstić information content (AvgIpc) is 3.97. The molecule has 0 atom stereocenters. The van der Waals surface area contributed by atoms with E-state index in [0.29, 0.717) is 17.5 Å². The van der Waals surface area contributed by atoms with Crippen LogP contribution >= 0.6 is 0 Å². The molecule has 3 heterocycles.